The van der Waals surface area contributed by atoms with Crippen molar-refractivity contribution >= 4 is 0 Å². The molecule has 2 rings (SSSR count). The van der Waals surface area contributed by atoms with Gasteiger partial charge in [-0.3, -0.25) is 4.90 Å². The topological polar surface area (TPSA) is 15.3 Å². The number of likely N-dealkylation sites (tertiary alicyclic amines) is 1. The Labute approximate surface area is 111 Å². The largest absolute Gasteiger partial charge is 0.317 e. The molecule has 1 saturated heterocycles. The smallest absolute Gasteiger partial charge is 0.0233 e. The van der Waals surface area contributed by atoms with Crippen LogP contribution in [0, 0.1) is 12.8 Å². The van der Waals surface area contributed by atoms with Crippen LogP contribution in [0.5, 0.6) is 0 Å². The molecule has 1 aromatic carbocycles. The lowest BCUT2D eigenvalue weighted by molar-refractivity contribution is 0.307. The van der Waals surface area contributed by atoms with E-state index in [-0.39, 0.29) is 0 Å². The van der Waals surface area contributed by atoms with Crippen LogP contribution in [0.4, 0.5) is 0 Å². The van der Waals surface area contributed by atoms with Crippen molar-refractivity contribution in [1.82, 2.24) is 10.2 Å². The van der Waals surface area contributed by atoms with Crippen molar-refractivity contribution < 1.29 is 0 Å². The first-order valence-corrected chi connectivity index (χ1v) is 7.12. The first-order chi connectivity index (χ1) is 8.67. The number of nitrogens with one attached hydrogen (secondary N) is 1. The van der Waals surface area contributed by atoms with Crippen LogP contribution in [0.3, 0.4) is 0 Å². The van der Waals surface area contributed by atoms with Gasteiger partial charge >= 0.3 is 0 Å². The summed E-state index contributed by atoms with van der Waals surface area (Å²) in [6.07, 6.45) is 2.67. The molecule has 0 saturated carbocycles. The van der Waals surface area contributed by atoms with Gasteiger partial charge in [0.05, 0.1) is 0 Å². The summed E-state index contributed by atoms with van der Waals surface area (Å²) >= 11 is 0. The maximum atomic E-state index is 3.35. The Morgan fingerprint density at radius 3 is 3.00 bits per heavy atom. The zero-order chi connectivity index (χ0) is 13.0. The highest BCUT2D eigenvalue weighted by Crippen LogP contribution is 2.22. The van der Waals surface area contributed by atoms with Crippen LogP contribution in [0.1, 0.15) is 30.9 Å². The van der Waals surface area contributed by atoms with E-state index in [0.717, 1.165) is 12.5 Å². The van der Waals surface area contributed by atoms with Gasteiger partial charge in [-0.1, -0.05) is 29.8 Å². The van der Waals surface area contributed by atoms with Crippen molar-refractivity contribution in [1.29, 1.82) is 0 Å². The van der Waals surface area contributed by atoms with Crippen LogP contribution in [-0.2, 0) is 6.54 Å². The highest BCUT2D eigenvalue weighted by molar-refractivity contribution is 5.22. The summed E-state index contributed by atoms with van der Waals surface area (Å²) in [6.45, 7) is 8.09. The Balaban J connectivity index is 1.82. The fourth-order valence-electron chi connectivity index (χ4n) is 2.94. The van der Waals surface area contributed by atoms with E-state index in [1.807, 2.05) is 0 Å². The fourth-order valence-corrected chi connectivity index (χ4v) is 2.94. The predicted molar refractivity (Wildman–Crippen MR) is 77.7 cm³/mol. The van der Waals surface area contributed by atoms with Crippen molar-refractivity contribution in [3.05, 3.63) is 35.4 Å². The molecule has 2 unspecified atom stereocenters. The van der Waals surface area contributed by atoms with E-state index >= 15 is 0 Å². The SMILES string of the molecule is CNC(C)CC1CCN(Cc2cccc(C)c2)C1. The average Bonchev–Trinajstić information content (AvgIpc) is 2.76. The van der Waals surface area contributed by atoms with E-state index in [1.54, 1.807) is 0 Å². The van der Waals surface area contributed by atoms with Gasteiger partial charge in [-0.25, -0.2) is 0 Å². The zero-order valence-electron chi connectivity index (χ0n) is 11.9. The molecule has 2 atom stereocenters. The van der Waals surface area contributed by atoms with Gasteiger partial charge in [0.2, 0.25) is 0 Å². The molecule has 2 heteroatoms. The number of rotatable bonds is 5. The van der Waals surface area contributed by atoms with E-state index in [0.29, 0.717) is 6.04 Å². The summed E-state index contributed by atoms with van der Waals surface area (Å²) in [4.78, 5) is 2.60. The summed E-state index contributed by atoms with van der Waals surface area (Å²) in [5.41, 5.74) is 2.82. The minimum absolute atomic E-state index is 0.647. The van der Waals surface area contributed by atoms with Crippen molar-refractivity contribution in [2.24, 2.45) is 5.92 Å². The Morgan fingerprint density at radius 2 is 2.28 bits per heavy atom. The van der Waals surface area contributed by atoms with Gasteiger partial charge in [0.25, 0.3) is 0 Å². The van der Waals surface area contributed by atoms with Crippen LogP contribution in [0.15, 0.2) is 24.3 Å². The van der Waals surface area contributed by atoms with E-state index < -0.39 is 0 Å². The molecule has 0 aromatic heterocycles. The summed E-state index contributed by atoms with van der Waals surface area (Å²) in [5, 5.41) is 3.35. The fraction of sp³-hybridized carbons (Fsp3) is 0.625. The molecule has 0 spiro atoms. The molecule has 100 valence electrons. The number of nitrogens with zero attached hydrogens (tertiary/aromatic N) is 1. The van der Waals surface area contributed by atoms with Crippen LogP contribution < -0.4 is 5.32 Å². The molecule has 0 aliphatic carbocycles. The van der Waals surface area contributed by atoms with Crippen molar-refractivity contribution in [3.63, 3.8) is 0 Å². The van der Waals surface area contributed by atoms with Crippen LogP contribution >= 0.6 is 0 Å². The quantitative estimate of drug-likeness (QED) is 0.859. The Morgan fingerprint density at radius 1 is 1.44 bits per heavy atom. The molecule has 0 radical (unpaired) electrons. The molecule has 0 amide bonds. The number of benzene rings is 1. The maximum absolute atomic E-state index is 3.35. The predicted octanol–water partition coefficient (Wildman–Crippen LogP) is 2.81. The maximum Gasteiger partial charge on any atom is 0.0233 e. The van der Waals surface area contributed by atoms with E-state index in [1.165, 1.54) is 37.1 Å². The minimum Gasteiger partial charge on any atom is -0.317 e. The van der Waals surface area contributed by atoms with Gasteiger partial charge in [-0.05, 0) is 51.8 Å². The number of hydrogen-bond donors (Lipinski definition) is 1. The highest BCUT2D eigenvalue weighted by atomic mass is 15.1. The lowest BCUT2D eigenvalue weighted by atomic mass is 10.0. The molecule has 2 nitrogen and oxygen atoms in total. The molecular formula is C16H26N2. The second kappa shape index (κ2) is 6.35. The normalized spacial score (nSPS) is 22.3. The lowest BCUT2D eigenvalue weighted by Gasteiger charge is -2.18. The molecule has 1 aliphatic heterocycles. The van der Waals surface area contributed by atoms with Crippen LogP contribution in [0.2, 0.25) is 0 Å². The average molecular weight is 246 g/mol. The van der Waals surface area contributed by atoms with E-state index in [4.69, 9.17) is 0 Å². The second-order valence-corrected chi connectivity index (χ2v) is 5.80. The third kappa shape index (κ3) is 3.82. The highest BCUT2D eigenvalue weighted by Gasteiger charge is 2.23. The van der Waals surface area contributed by atoms with Crippen LogP contribution in [-0.4, -0.2) is 31.1 Å². The molecule has 1 N–H and O–H groups in total. The molecule has 1 aliphatic rings. The van der Waals surface area contributed by atoms with Gasteiger partial charge in [-0.2, -0.15) is 0 Å². The van der Waals surface area contributed by atoms with Gasteiger partial charge in [-0.15, -0.1) is 0 Å². The summed E-state index contributed by atoms with van der Waals surface area (Å²) < 4.78 is 0. The van der Waals surface area contributed by atoms with Crippen molar-refractivity contribution in [2.45, 2.75) is 39.3 Å². The van der Waals surface area contributed by atoms with Gasteiger partial charge in [0.1, 0.15) is 0 Å². The Bertz CT molecular complexity index is 375. The van der Waals surface area contributed by atoms with E-state index in [2.05, 4.69) is 55.4 Å². The first-order valence-electron chi connectivity index (χ1n) is 7.12. The van der Waals surface area contributed by atoms with Crippen molar-refractivity contribution in [3.8, 4) is 0 Å². The molecular weight excluding hydrogens is 220 g/mol. The third-order valence-electron chi connectivity index (χ3n) is 4.04. The summed E-state index contributed by atoms with van der Waals surface area (Å²) in [7, 11) is 2.06. The van der Waals surface area contributed by atoms with Gasteiger partial charge in [0, 0.05) is 19.1 Å². The second-order valence-electron chi connectivity index (χ2n) is 5.80. The number of aryl methyl sites for hydroxylation is 1. The Kier molecular flexibility index (Phi) is 4.79. The molecule has 1 heterocycles. The third-order valence-corrected chi connectivity index (χ3v) is 4.04. The molecule has 0 bridgehead atoms. The zero-order valence-corrected chi connectivity index (χ0v) is 11.9. The molecule has 1 fully saturated rings. The molecule has 1 aromatic rings. The van der Waals surface area contributed by atoms with Crippen LogP contribution in [0.25, 0.3) is 0 Å². The lowest BCUT2D eigenvalue weighted by Crippen LogP contribution is -2.26. The first kappa shape index (κ1) is 13.6. The summed E-state index contributed by atoms with van der Waals surface area (Å²) in [6, 6.07) is 9.54. The van der Waals surface area contributed by atoms with Gasteiger partial charge < -0.3 is 5.32 Å². The van der Waals surface area contributed by atoms with E-state index in [9.17, 15) is 0 Å². The standard InChI is InChI=1S/C16H26N2/c1-13-5-4-6-15(9-13)11-18-8-7-16(12-18)10-14(2)17-3/h4-6,9,14,16-17H,7-8,10-12H2,1-3H3. The van der Waals surface area contributed by atoms with Gasteiger partial charge in [0.15, 0.2) is 0 Å². The van der Waals surface area contributed by atoms with Crippen molar-refractivity contribution in [2.75, 3.05) is 20.1 Å². The summed E-state index contributed by atoms with van der Waals surface area (Å²) in [5.74, 6) is 0.872. The minimum atomic E-state index is 0.647. The number of hydrogen-bond acceptors (Lipinski definition) is 2. The Hall–Kier alpha value is -0.860. The monoisotopic (exact) mass is 246 g/mol. The molecule has 18 heavy (non-hydrogen) atoms.